The lowest BCUT2D eigenvalue weighted by Gasteiger charge is -2.27. The number of rotatable bonds is 9. The van der Waals surface area contributed by atoms with Crippen LogP contribution in [0.4, 0.5) is 0 Å². The van der Waals surface area contributed by atoms with E-state index in [4.69, 9.17) is 15.9 Å². The monoisotopic (exact) mass is 456 g/mol. The van der Waals surface area contributed by atoms with Crippen molar-refractivity contribution >= 4 is 15.9 Å². The van der Waals surface area contributed by atoms with Crippen molar-refractivity contribution in [2.45, 2.75) is 24.7 Å². The summed E-state index contributed by atoms with van der Waals surface area (Å²) in [5, 5.41) is 2.87. The van der Waals surface area contributed by atoms with Gasteiger partial charge < -0.3 is 14.8 Å². The van der Waals surface area contributed by atoms with Crippen LogP contribution in [0, 0.1) is 12.3 Å². The molecule has 7 nitrogen and oxygen atoms in total. The molecule has 1 fully saturated rings. The molecule has 8 heteroatoms. The van der Waals surface area contributed by atoms with E-state index in [1.165, 1.54) is 10.4 Å². The largest absolute Gasteiger partial charge is 0.481 e. The molecule has 0 spiro atoms. The summed E-state index contributed by atoms with van der Waals surface area (Å²) >= 11 is 0. The lowest BCUT2D eigenvalue weighted by atomic mass is 10.1. The molecule has 0 bridgehead atoms. The first-order valence-electron chi connectivity index (χ1n) is 10.6. The molecule has 1 amide bonds. The Morgan fingerprint density at radius 3 is 2.56 bits per heavy atom. The molecule has 170 valence electrons. The summed E-state index contributed by atoms with van der Waals surface area (Å²) < 4.78 is 38.3. The number of sulfonamides is 1. The van der Waals surface area contributed by atoms with Crippen LogP contribution in [0.3, 0.4) is 0 Å². The van der Waals surface area contributed by atoms with Gasteiger partial charge in [0.15, 0.2) is 0 Å². The van der Waals surface area contributed by atoms with Gasteiger partial charge in [0.2, 0.25) is 10.0 Å². The van der Waals surface area contributed by atoms with Gasteiger partial charge in [-0.1, -0.05) is 31.0 Å². The Hall–Kier alpha value is -2.86. The lowest BCUT2D eigenvalue weighted by molar-refractivity contribution is 0.0730. The second-order valence-electron chi connectivity index (χ2n) is 7.34. The summed E-state index contributed by atoms with van der Waals surface area (Å²) in [6.45, 7) is 3.91. The maximum Gasteiger partial charge on any atom is 0.251 e. The van der Waals surface area contributed by atoms with Crippen LogP contribution < -0.4 is 10.1 Å². The summed E-state index contributed by atoms with van der Waals surface area (Å²) in [5.74, 6) is 2.81. The van der Waals surface area contributed by atoms with Crippen LogP contribution in [0.2, 0.25) is 0 Å². The van der Waals surface area contributed by atoms with Gasteiger partial charge in [-0.2, -0.15) is 4.31 Å². The average molecular weight is 457 g/mol. The van der Waals surface area contributed by atoms with Gasteiger partial charge in [-0.15, -0.1) is 6.42 Å². The molecule has 0 atom stereocenters. The molecule has 2 aromatic rings. The molecule has 0 aliphatic carbocycles. The number of carbonyl (C=O) groups excluding carboxylic acids is 1. The van der Waals surface area contributed by atoms with E-state index in [-0.39, 0.29) is 17.4 Å². The van der Waals surface area contributed by atoms with E-state index in [2.05, 4.69) is 11.2 Å². The Balaban J connectivity index is 1.65. The van der Waals surface area contributed by atoms with Gasteiger partial charge in [0.05, 0.1) is 18.1 Å². The maximum atomic E-state index is 13.2. The predicted molar refractivity (Wildman–Crippen MR) is 122 cm³/mol. The summed E-state index contributed by atoms with van der Waals surface area (Å²) in [4.78, 5) is 12.9. The highest BCUT2D eigenvalue weighted by Crippen LogP contribution is 2.23. The van der Waals surface area contributed by atoms with Gasteiger partial charge in [-0.25, -0.2) is 8.42 Å². The zero-order valence-corrected chi connectivity index (χ0v) is 19.0. The van der Waals surface area contributed by atoms with Crippen molar-refractivity contribution < 1.29 is 22.7 Å². The van der Waals surface area contributed by atoms with E-state index in [0.717, 1.165) is 5.56 Å². The highest BCUT2D eigenvalue weighted by Gasteiger charge is 2.29. The third-order valence-corrected chi connectivity index (χ3v) is 7.22. The Morgan fingerprint density at radius 2 is 1.91 bits per heavy atom. The average Bonchev–Trinajstić information content (AvgIpc) is 2.83. The second kappa shape index (κ2) is 11.1. The maximum absolute atomic E-state index is 13.2. The van der Waals surface area contributed by atoms with E-state index in [1.807, 2.05) is 31.2 Å². The minimum Gasteiger partial charge on any atom is -0.481 e. The van der Waals surface area contributed by atoms with Crippen LogP contribution in [-0.4, -0.2) is 58.1 Å². The van der Waals surface area contributed by atoms with E-state index in [9.17, 15) is 13.2 Å². The van der Waals surface area contributed by atoms with Crippen LogP contribution in [-0.2, 0) is 27.6 Å². The van der Waals surface area contributed by atoms with E-state index >= 15 is 0 Å². The SMILES string of the molecule is C#CCOc1ccc(CCNC(=O)c2ccc(CC)c(S(=O)(=O)N3CCOCC3)c2)cc1. The number of morpholine rings is 1. The normalized spacial score (nSPS) is 14.5. The van der Waals surface area contributed by atoms with Crippen molar-refractivity contribution in [1.29, 1.82) is 0 Å². The molecule has 0 unspecified atom stereocenters. The Kier molecular flexibility index (Phi) is 8.28. The van der Waals surface area contributed by atoms with Crippen LogP contribution >= 0.6 is 0 Å². The molecule has 0 saturated carbocycles. The van der Waals surface area contributed by atoms with E-state index < -0.39 is 10.0 Å². The fourth-order valence-corrected chi connectivity index (χ4v) is 5.18. The topological polar surface area (TPSA) is 84.9 Å². The molecule has 1 saturated heterocycles. The third-order valence-electron chi connectivity index (χ3n) is 5.24. The summed E-state index contributed by atoms with van der Waals surface area (Å²) in [7, 11) is -3.69. The Bertz CT molecular complexity index is 1070. The molecule has 0 radical (unpaired) electrons. The molecule has 32 heavy (non-hydrogen) atoms. The molecule has 1 aliphatic rings. The highest BCUT2D eigenvalue weighted by molar-refractivity contribution is 7.89. The second-order valence-corrected chi connectivity index (χ2v) is 9.24. The van der Waals surface area contributed by atoms with Crippen molar-refractivity contribution in [3.63, 3.8) is 0 Å². The Morgan fingerprint density at radius 1 is 1.19 bits per heavy atom. The summed E-state index contributed by atoms with van der Waals surface area (Å²) in [6.07, 6.45) is 6.37. The number of hydrogen-bond donors (Lipinski definition) is 1. The quantitative estimate of drug-likeness (QED) is 0.585. The fraction of sp³-hybridized carbons (Fsp3) is 0.375. The lowest BCUT2D eigenvalue weighted by Crippen LogP contribution is -2.41. The van der Waals surface area contributed by atoms with E-state index in [0.29, 0.717) is 62.6 Å². The Labute approximate surface area is 189 Å². The van der Waals surface area contributed by atoms with Crippen molar-refractivity contribution in [2.75, 3.05) is 39.5 Å². The van der Waals surface area contributed by atoms with Gasteiger partial charge in [-0.05, 0) is 48.2 Å². The van der Waals surface area contributed by atoms with Crippen LogP contribution in [0.15, 0.2) is 47.4 Å². The summed E-state index contributed by atoms with van der Waals surface area (Å²) in [5.41, 5.74) is 2.06. The van der Waals surface area contributed by atoms with E-state index in [1.54, 1.807) is 12.1 Å². The van der Waals surface area contributed by atoms with Gasteiger partial charge in [-0.3, -0.25) is 4.79 Å². The highest BCUT2D eigenvalue weighted by atomic mass is 32.2. The number of benzene rings is 2. The third kappa shape index (κ3) is 5.88. The molecule has 2 aromatic carbocycles. The standard InChI is InChI=1S/C24H28N2O5S/c1-3-15-31-22-9-5-19(6-10-22)11-12-25-24(27)21-8-7-20(4-2)23(18-21)32(28,29)26-13-16-30-17-14-26/h1,5-10,18H,4,11-17H2,2H3,(H,25,27). The van der Waals surface area contributed by atoms with Crippen LogP contribution in [0.1, 0.15) is 28.4 Å². The molecular formula is C24H28N2O5S. The first kappa shape index (κ1) is 23.8. The van der Waals surface area contributed by atoms with Crippen molar-refractivity contribution in [3.05, 3.63) is 59.2 Å². The van der Waals surface area contributed by atoms with Crippen molar-refractivity contribution in [1.82, 2.24) is 9.62 Å². The molecule has 3 rings (SSSR count). The smallest absolute Gasteiger partial charge is 0.251 e. The number of carbonyl (C=O) groups is 1. The number of ether oxygens (including phenoxy) is 2. The first-order chi connectivity index (χ1) is 15.5. The number of nitrogens with one attached hydrogen (secondary N) is 1. The van der Waals surface area contributed by atoms with Gasteiger partial charge in [0, 0.05) is 25.2 Å². The van der Waals surface area contributed by atoms with Crippen molar-refractivity contribution in [2.24, 2.45) is 0 Å². The molecular weight excluding hydrogens is 428 g/mol. The molecule has 0 aromatic heterocycles. The van der Waals surface area contributed by atoms with Crippen LogP contribution in [0.5, 0.6) is 5.75 Å². The molecule has 1 heterocycles. The predicted octanol–water partition coefficient (Wildman–Crippen LogP) is 2.25. The number of terminal acetylenes is 1. The molecule has 1 aliphatic heterocycles. The van der Waals surface area contributed by atoms with Crippen LogP contribution in [0.25, 0.3) is 0 Å². The minimum absolute atomic E-state index is 0.192. The zero-order chi connectivity index (χ0) is 23.0. The van der Waals surface area contributed by atoms with Gasteiger partial charge in [0.25, 0.3) is 5.91 Å². The van der Waals surface area contributed by atoms with Gasteiger partial charge in [0.1, 0.15) is 12.4 Å². The number of aryl methyl sites for hydroxylation is 1. The minimum atomic E-state index is -3.69. The first-order valence-corrected chi connectivity index (χ1v) is 12.0. The molecule has 1 N–H and O–H groups in total. The zero-order valence-electron chi connectivity index (χ0n) is 18.2. The van der Waals surface area contributed by atoms with Crippen molar-refractivity contribution in [3.8, 4) is 18.1 Å². The van der Waals surface area contributed by atoms with Gasteiger partial charge >= 0.3 is 0 Å². The summed E-state index contributed by atoms with van der Waals surface area (Å²) in [6, 6.07) is 12.4. The number of amides is 1. The number of nitrogens with zero attached hydrogens (tertiary/aromatic N) is 1. The fourth-order valence-electron chi connectivity index (χ4n) is 3.45. The number of hydrogen-bond acceptors (Lipinski definition) is 5.